The molecular formula is C15H16ClNO3. The molecule has 0 aliphatic heterocycles. The van der Waals surface area contributed by atoms with Gasteiger partial charge in [-0.25, -0.2) is 0 Å². The summed E-state index contributed by atoms with van der Waals surface area (Å²) >= 11 is 5.85. The number of alkyl halides is 1. The van der Waals surface area contributed by atoms with Gasteiger partial charge in [0.05, 0.1) is 14.2 Å². The maximum absolute atomic E-state index is 5.85. The second kappa shape index (κ2) is 7.01. The van der Waals surface area contributed by atoms with Crippen molar-refractivity contribution in [3.63, 3.8) is 0 Å². The van der Waals surface area contributed by atoms with Crippen molar-refractivity contribution in [3.8, 4) is 17.2 Å². The predicted octanol–water partition coefficient (Wildman–Crippen LogP) is 3.42. The van der Waals surface area contributed by atoms with Crippen LogP contribution in [-0.2, 0) is 12.5 Å². The van der Waals surface area contributed by atoms with Crippen LogP contribution >= 0.6 is 11.6 Å². The van der Waals surface area contributed by atoms with Crippen LogP contribution in [0.25, 0.3) is 0 Å². The molecule has 0 amide bonds. The van der Waals surface area contributed by atoms with Crippen LogP contribution in [0.15, 0.2) is 36.7 Å². The zero-order chi connectivity index (χ0) is 14.4. The van der Waals surface area contributed by atoms with E-state index in [9.17, 15) is 0 Å². The summed E-state index contributed by atoms with van der Waals surface area (Å²) in [6.07, 6.45) is 3.45. The first-order valence-electron chi connectivity index (χ1n) is 6.11. The third kappa shape index (κ3) is 3.33. The first-order chi connectivity index (χ1) is 9.78. The lowest BCUT2D eigenvalue weighted by Gasteiger charge is -2.15. The molecule has 4 nitrogen and oxygen atoms in total. The highest BCUT2D eigenvalue weighted by atomic mass is 35.5. The van der Waals surface area contributed by atoms with Crippen molar-refractivity contribution in [1.29, 1.82) is 0 Å². The van der Waals surface area contributed by atoms with Crippen LogP contribution in [0.1, 0.15) is 11.1 Å². The Kier molecular flexibility index (Phi) is 5.07. The summed E-state index contributed by atoms with van der Waals surface area (Å²) in [5.41, 5.74) is 1.93. The Morgan fingerprint density at radius 1 is 1.00 bits per heavy atom. The molecule has 0 fully saturated rings. The summed E-state index contributed by atoms with van der Waals surface area (Å²) in [5, 5.41) is 0. The number of aromatic nitrogens is 1. The zero-order valence-electron chi connectivity index (χ0n) is 11.4. The van der Waals surface area contributed by atoms with Gasteiger partial charge in [-0.3, -0.25) is 4.98 Å². The smallest absolute Gasteiger partial charge is 0.203 e. The van der Waals surface area contributed by atoms with Gasteiger partial charge in [0.1, 0.15) is 6.61 Å². The minimum atomic E-state index is 0.386. The van der Waals surface area contributed by atoms with Crippen molar-refractivity contribution in [2.24, 2.45) is 0 Å². The van der Waals surface area contributed by atoms with Gasteiger partial charge in [0.2, 0.25) is 5.75 Å². The summed E-state index contributed by atoms with van der Waals surface area (Å²) in [4.78, 5) is 3.97. The molecule has 1 aromatic heterocycles. The number of hydrogen-bond donors (Lipinski definition) is 0. The second-order valence-corrected chi connectivity index (χ2v) is 4.37. The van der Waals surface area contributed by atoms with Crippen LogP contribution in [0.5, 0.6) is 17.2 Å². The maximum atomic E-state index is 5.85. The molecule has 106 valence electrons. The maximum Gasteiger partial charge on any atom is 0.203 e. The largest absolute Gasteiger partial charge is 0.493 e. The van der Waals surface area contributed by atoms with Gasteiger partial charge in [0, 0.05) is 18.3 Å². The minimum absolute atomic E-state index is 0.386. The van der Waals surface area contributed by atoms with Crippen LogP contribution in [0.4, 0.5) is 0 Å². The van der Waals surface area contributed by atoms with E-state index < -0.39 is 0 Å². The standard InChI is InChI=1S/C15H16ClNO3/c1-18-13-7-12(9-16)8-14(19-2)15(13)20-10-11-3-5-17-6-4-11/h3-8H,9-10H2,1-2H3. The minimum Gasteiger partial charge on any atom is -0.493 e. The molecule has 1 aromatic carbocycles. The average molecular weight is 294 g/mol. The van der Waals surface area contributed by atoms with Crippen molar-refractivity contribution in [2.45, 2.75) is 12.5 Å². The lowest BCUT2D eigenvalue weighted by molar-refractivity contribution is 0.265. The third-order valence-corrected chi connectivity index (χ3v) is 3.12. The van der Waals surface area contributed by atoms with Gasteiger partial charge in [0.25, 0.3) is 0 Å². The average Bonchev–Trinajstić information content (AvgIpc) is 2.52. The third-order valence-electron chi connectivity index (χ3n) is 2.81. The van der Waals surface area contributed by atoms with Gasteiger partial charge in [-0.15, -0.1) is 11.6 Å². The Bertz CT molecular complexity index is 535. The summed E-state index contributed by atoms with van der Waals surface area (Å²) in [6.45, 7) is 0.412. The lowest BCUT2D eigenvalue weighted by Crippen LogP contribution is -2.01. The molecule has 0 atom stereocenters. The first kappa shape index (κ1) is 14.5. The van der Waals surface area contributed by atoms with E-state index >= 15 is 0 Å². The Labute approximate surface area is 123 Å². The number of methoxy groups -OCH3 is 2. The van der Waals surface area contributed by atoms with Gasteiger partial charge >= 0.3 is 0 Å². The number of benzene rings is 1. The highest BCUT2D eigenvalue weighted by Crippen LogP contribution is 2.39. The molecule has 0 N–H and O–H groups in total. The van der Waals surface area contributed by atoms with E-state index in [-0.39, 0.29) is 0 Å². The number of rotatable bonds is 6. The molecule has 5 heteroatoms. The number of ether oxygens (including phenoxy) is 3. The predicted molar refractivity (Wildman–Crippen MR) is 77.7 cm³/mol. The molecule has 0 unspecified atom stereocenters. The monoisotopic (exact) mass is 293 g/mol. The van der Waals surface area contributed by atoms with E-state index in [1.807, 2.05) is 24.3 Å². The second-order valence-electron chi connectivity index (χ2n) is 4.11. The Balaban J connectivity index is 2.25. The van der Waals surface area contributed by atoms with Crippen LogP contribution in [-0.4, -0.2) is 19.2 Å². The van der Waals surface area contributed by atoms with Crippen molar-refractivity contribution in [1.82, 2.24) is 4.98 Å². The van der Waals surface area contributed by atoms with Crippen molar-refractivity contribution < 1.29 is 14.2 Å². The Morgan fingerprint density at radius 3 is 2.10 bits per heavy atom. The SMILES string of the molecule is COc1cc(CCl)cc(OC)c1OCc1ccncc1. The van der Waals surface area contributed by atoms with E-state index in [1.165, 1.54) is 0 Å². The zero-order valence-corrected chi connectivity index (χ0v) is 12.2. The number of hydrogen-bond acceptors (Lipinski definition) is 4. The Morgan fingerprint density at radius 2 is 1.60 bits per heavy atom. The summed E-state index contributed by atoms with van der Waals surface area (Å²) in [6, 6.07) is 7.48. The number of halogens is 1. The molecule has 20 heavy (non-hydrogen) atoms. The fraction of sp³-hybridized carbons (Fsp3) is 0.267. The van der Waals surface area contributed by atoms with Crippen LogP contribution in [0.3, 0.4) is 0 Å². The molecule has 1 heterocycles. The van der Waals surface area contributed by atoms with Crippen molar-refractivity contribution in [2.75, 3.05) is 14.2 Å². The van der Waals surface area contributed by atoms with Gasteiger partial charge in [-0.1, -0.05) is 0 Å². The van der Waals surface area contributed by atoms with Gasteiger partial charge in [-0.05, 0) is 35.4 Å². The van der Waals surface area contributed by atoms with Gasteiger partial charge < -0.3 is 14.2 Å². The fourth-order valence-corrected chi connectivity index (χ4v) is 1.94. The van der Waals surface area contributed by atoms with E-state index in [4.69, 9.17) is 25.8 Å². The van der Waals surface area contributed by atoms with Crippen molar-refractivity contribution in [3.05, 3.63) is 47.8 Å². The van der Waals surface area contributed by atoms with Gasteiger partial charge in [-0.2, -0.15) is 0 Å². The van der Waals surface area contributed by atoms with Gasteiger partial charge in [0.15, 0.2) is 11.5 Å². The molecule has 0 saturated heterocycles. The van der Waals surface area contributed by atoms with E-state index in [0.717, 1.165) is 11.1 Å². The van der Waals surface area contributed by atoms with E-state index in [0.29, 0.717) is 29.7 Å². The summed E-state index contributed by atoms with van der Waals surface area (Å²) < 4.78 is 16.5. The summed E-state index contributed by atoms with van der Waals surface area (Å²) in [7, 11) is 3.18. The van der Waals surface area contributed by atoms with E-state index in [1.54, 1.807) is 26.6 Å². The quantitative estimate of drug-likeness (QED) is 0.765. The first-order valence-corrected chi connectivity index (χ1v) is 6.64. The fourth-order valence-electron chi connectivity index (χ4n) is 1.79. The van der Waals surface area contributed by atoms with Crippen LogP contribution in [0.2, 0.25) is 0 Å². The molecule has 0 spiro atoms. The highest BCUT2D eigenvalue weighted by molar-refractivity contribution is 6.17. The summed E-state index contributed by atoms with van der Waals surface area (Å²) in [5.74, 6) is 2.17. The molecule has 0 aliphatic rings. The molecule has 0 aliphatic carbocycles. The Hall–Kier alpha value is -1.94. The molecule has 0 saturated carbocycles. The van der Waals surface area contributed by atoms with Crippen LogP contribution < -0.4 is 14.2 Å². The molecule has 0 radical (unpaired) electrons. The normalized spacial score (nSPS) is 10.2. The molecule has 2 aromatic rings. The molecule has 2 rings (SSSR count). The topological polar surface area (TPSA) is 40.6 Å². The number of pyridine rings is 1. The molecular weight excluding hydrogens is 278 g/mol. The lowest BCUT2D eigenvalue weighted by atomic mass is 10.2. The van der Waals surface area contributed by atoms with Crippen molar-refractivity contribution >= 4 is 11.6 Å². The highest BCUT2D eigenvalue weighted by Gasteiger charge is 2.14. The molecule has 0 bridgehead atoms. The number of nitrogens with zero attached hydrogens (tertiary/aromatic N) is 1. The van der Waals surface area contributed by atoms with E-state index in [2.05, 4.69) is 4.98 Å². The van der Waals surface area contributed by atoms with Crippen LogP contribution in [0, 0.1) is 0 Å².